The van der Waals surface area contributed by atoms with E-state index < -0.39 is 33.4 Å². The van der Waals surface area contributed by atoms with Gasteiger partial charge in [-0.2, -0.15) is 22.0 Å². The number of hydrogen-bond acceptors (Lipinski definition) is 3. The fraction of sp³-hybridized carbons (Fsp3) is 0.400. The predicted octanol–water partition coefficient (Wildman–Crippen LogP) is 3.42. The van der Waals surface area contributed by atoms with Crippen molar-refractivity contribution in [1.82, 2.24) is 3.71 Å². The lowest BCUT2D eigenvalue weighted by atomic mass is 10.2. The van der Waals surface area contributed by atoms with Gasteiger partial charge in [0.05, 0.1) is 4.90 Å². The molecule has 0 aliphatic rings. The third-order valence-corrected chi connectivity index (χ3v) is 5.31. The molecule has 0 aliphatic carbocycles. The molecule has 0 heterocycles. The Labute approximate surface area is 116 Å². The van der Waals surface area contributed by atoms with Crippen LogP contribution in [0.5, 0.6) is 0 Å². The molecule has 0 spiro atoms. The Kier molecular flexibility index (Phi) is 4.72. The highest BCUT2D eigenvalue weighted by molar-refractivity contribution is 8.09. The summed E-state index contributed by atoms with van der Waals surface area (Å²) < 4.78 is 85.4. The molecule has 0 saturated heterocycles. The molecule has 1 aromatic carbocycles. The summed E-state index contributed by atoms with van der Waals surface area (Å²) in [5.41, 5.74) is 0.722. The number of halogens is 5. The lowest BCUT2D eigenvalue weighted by Crippen LogP contribution is -2.37. The number of hydrogen-bond donors (Lipinski definition) is 0. The third-order valence-electron chi connectivity index (χ3n) is 2.23. The molecule has 0 unspecified atom stereocenters. The summed E-state index contributed by atoms with van der Waals surface area (Å²) in [6, 6.07) is 5.08. The highest BCUT2D eigenvalue weighted by atomic mass is 32.3. The Bertz CT molecular complexity index is 568. The van der Waals surface area contributed by atoms with Gasteiger partial charge in [-0.25, -0.2) is 8.42 Å². The van der Waals surface area contributed by atoms with E-state index in [1.807, 2.05) is 0 Å². The summed E-state index contributed by atoms with van der Waals surface area (Å²) in [7, 11) is -3.79. The summed E-state index contributed by atoms with van der Waals surface area (Å²) in [5, 5.41) is -5.19. The van der Waals surface area contributed by atoms with Gasteiger partial charge in [0.1, 0.15) is 0 Å². The van der Waals surface area contributed by atoms with Gasteiger partial charge in [-0.1, -0.05) is 17.7 Å². The summed E-state index contributed by atoms with van der Waals surface area (Å²) in [6.45, 7) is 1.67. The van der Waals surface area contributed by atoms with E-state index in [9.17, 15) is 30.4 Å². The lowest BCUT2D eigenvalue weighted by Gasteiger charge is -2.23. The van der Waals surface area contributed by atoms with Crippen LogP contribution in [0.4, 0.5) is 22.0 Å². The average Bonchev–Trinajstić information content (AvgIpc) is 2.27. The summed E-state index contributed by atoms with van der Waals surface area (Å²) in [6.07, 6.45) is -5.84. The molecular weight excluding hydrogens is 325 g/mol. The molecule has 0 aromatic heterocycles. The molecule has 0 fully saturated rings. The van der Waals surface area contributed by atoms with Crippen LogP contribution in [0.2, 0.25) is 0 Å². The normalized spacial score (nSPS) is 13.8. The van der Waals surface area contributed by atoms with Gasteiger partial charge in [-0.15, -0.1) is 3.71 Å². The number of rotatable bonds is 4. The smallest absolute Gasteiger partial charge is 0.206 e. The van der Waals surface area contributed by atoms with Gasteiger partial charge in [-0.05, 0) is 19.1 Å². The second kappa shape index (κ2) is 5.49. The first kappa shape index (κ1) is 17.2. The van der Waals surface area contributed by atoms with Crippen molar-refractivity contribution in [3.8, 4) is 0 Å². The van der Waals surface area contributed by atoms with Crippen molar-refractivity contribution in [1.29, 1.82) is 0 Å². The van der Waals surface area contributed by atoms with E-state index in [-0.39, 0.29) is 8.61 Å². The van der Waals surface area contributed by atoms with Crippen LogP contribution in [-0.2, 0) is 10.0 Å². The van der Waals surface area contributed by atoms with Crippen molar-refractivity contribution in [3.63, 3.8) is 0 Å². The Balaban J connectivity index is 3.02. The molecule has 0 aliphatic heterocycles. The van der Waals surface area contributed by atoms with Crippen LogP contribution in [0, 0.1) is 6.92 Å². The molecule has 0 atom stereocenters. The maximum absolute atomic E-state index is 12.8. The second-order valence-corrected chi connectivity index (χ2v) is 7.28. The van der Waals surface area contributed by atoms with Crippen LogP contribution in [0.25, 0.3) is 0 Å². The Morgan fingerprint density at radius 2 is 1.50 bits per heavy atom. The number of nitrogens with zero attached hydrogens (tertiary/aromatic N) is 1. The van der Waals surface area contributed by atoms with Crippen LogP contribution >= 0.6 is 11.9 Å². The highest BCUT2D eigenvalue weighted by Crippen LogP contribution is 2.46. The minimum Gasteiger partial charge on any atom is -0.206 e. The van der Waals surface area contributed by atoms with Crippen molar-refractivity contribution in [2.24, 2.45) is 0 Å². The fourth-order valence-corrected chi connectivity index (χ4v) is 3.26. The summed E-state index contributed by atoms with van der Waals surface area (Å²) >= 11 is -1.10. The first-order valence-electron chi connectivity index (χ1n) is 5.07. The van der Waals surface area contributed by atoms with Gasteiger partial charge < -0.3 is 0 Å². The largest absolute Gasteiger partial charge is 0.465 e. The molecule has 0 bridgehead atoms. The van der Waals surface area contributed by atoms with E-state index in [4.69, 9.17) is 0 Å². The van der Waals surface area contributed by atoms with Crippen molar-refractivity contribution in [3.05, 3.63) is 29.8 Å². The molecular formula is C10H10F5NO2S2. The van der Waals surface area contributed by atoms with Gasteiger partial charge in [-0.3, -0.25) is 0 Å². The molecule has 1 rings (SSSR count). The highest BCUT2D eigenvalue weighted by Gasteiger charge is 2.60. The standard InChI is InChI=1S/C10H10F5NO2S2/c1-7-3-5-8(6-4-7)20(17,18)16(2)19-10(14,15)9(11,12)13/h3-6H,1-2H3. The fourth-order valence-electron chi connectivity index (χ4n) is 1.12. The summed E-state index contributed by atoms with van der Waals surface area (Å²) in [4.78, 5) is -0.365. The van der Waals surface area contributed by atoms with Gasteiger partial charge in [0.2, 0.25) is 0 Å². The Hall–Kier alpha value is -0.870. The first-order valence-corrected chi connectivity index (χ1v) is 7.28. The zero-order valence-corrected chi connectivity index (χ0v) is 11.9. The molecule has 0 saturated carbocycles. The van der Waals surface area contributed by atoms with Crippen LogP contribution in [0.1, 0.15) is 5.56 Å². The van der Waals surface area contributed by atoms with Crippen molar-refractivity contribution < 1.29 is 30.4 Å². The SMILES string of the molecule is Cc1ccc(S(=O)(=O)N(C)SC(F)(F)C(F)(F)F)cc1. The van der Waals surface area contributed by atoms with E-state index >= 15 is 0 Å². The number of alkyl halides is 5. The predicted molar refractivity (Wildman–Crippen MR) is 64.7 cm³/mol. The zero-order chi connectivity index (χ0) is 15.8. The lowest BCUT2D eigenvalue weighted by molar-refractivity contribution is -0.238. The van der Waals surface area contributed by atoms with E-state index in [0.717, 1.165) is 17.7 Å². The quantitative estimate of drug-likeness (QED) is 0.625. The zero-order valence-electron chi connectivity index (χ0n) is 10.3. The average molecular weight is 335 g/mol. The van der Waals surface area contributed by atoms with Gasteiger partial charge in [0.25, 0.3) is 10.0 Å². The van der Waals surface area contributed by atoms with Crippen LogP contribution in [0.3, 0.4) is 0 Å². The molecule has 114 valence electrons. The Morgan fingerprint density at radius 3 is 1.90 bits per heavy atom. The van der Waals surface area contributed by atoms with E-state index in [2.05, 4.69) is 0 Å². The molecule has 0 radical (unpaired) electrons. The van der Waals surface area contributed by atoms with Crippen molar-refractivity contribution >= 4 is 22.0 Å². The number of benzene rings is 1. The first-order chi connectivity index (χ1) is 8.88. The van der Waals surface area contributed by atoms with E-state index in [0.29, 0.717) is 7.05 Å². The molecule has 20 heavy (non-hydrogen) atoms. The van der Waals surface area contributed by atoms with E-state index in [1.165, 1.54) is 12.1 Å². The molecule has 0 amide bonds. The summed E-state index contributed by atoms with van der Waals surface area (Å²) in [5.74, 6) is 0. The van der Waals surface area contributed by atoms with Crippen LogP contribution in [0.15, 0.2) is 29.2 Å². The Morgan fingerprint density at radius 1 is 1.05 bits per heavy atom. The van der Waals surface area contributed by atoms with Crippen molar-refractivity contribution in [2.45, 2.75) is 23.3 Å². The molecule has 10 heteroatoms. The maximum Gasteiger partial charge on any atom is 0.465 e. The van der Waals surface area contributed by atoms with Crippen LogP contribution in [-0.4, -0.2) is 30.6 Å². The molecule has 3 nitrogen and oxygen atoms in total. The number of aryl methyl sites for hydroxylation is 1. The minimum absolute atomic E-state index is 0.0921. The third kappa shape index (κ3) is 3.61. The minimum atomic E-state index is -5.84. The second-order valence-electron chi connectivity index (χ2n) is 3.83. The van der Waals surface area contributed by atoms with E-state index in [1.54, 1.807) is 6.92 Å². The van der Waals surface area contributed by atoms with Gasteiger partial charge in [0.15, 0.2) is 0 Å². The van der Waals surface area contributed by atoms with Gasteiger partial charge >= 0.3 is 11.4 Å². The number of sulfonamides is 1. The monoisotopic (exact) mass is 335 g/mol. The topological polar surface area (TPSA) is 37.4 Å². The van der Waals surface area contributed by atoms with Crippen LogP contribution < -0.4 is 0 Å². The molecule has 1 aromatic rings. The van der Waals surface area contributed by atoms with Crippen molar-refractivity contribution in [2.75, 3.05) is 7.05 Å². The maximum atomic E-state index is 12.8. The molecule has 0 N–H and O–H groups in total. The van der Waals surface area contributed by atoms with Gasteiger partial charge in [0, 0.05) is 19.0 Å².